The number of rotatable bonds is 2. The largest absolute Gasteiger partial charge is 0.381 e. The van der Waals surface area contributed by atoms with E-state index in [1.54, 1.807) is 0 Å². The predicted octanol–water partition coefficient (Wildman–Crippen LogP) is 0.245. The van der Waals surface area contributed by atoms with Crippen molar-refractivity contribution in [3.63, 3.8) is 0 Å². The summed E-state index contributed by atoms with van der Waals surface area (Å²) >= 11 is -1.64. The summed E-state index contributed by atoms with van der Waals surface area (Å²) in [5.41, 5.74) is 0. The first kappa shape index (κ1) is 7.18. The summed E-state index contributed by atoms with van der Waals surface area (Å²) < 4.78 is 23.7. The number of hydrogen-bond acceptors (Lipinski definition) is 2. The zero-order valence-electron chi connectivity index (χ0n) is 5.08. The van der Waals surface area contributed by atoms with E-state index in [1.165, 1.54) is 0 Å². The van der Waals surface area contributed by atoms with Crippen molar-refractivity contribution in [2.24, 2.45) is 5.92 Å². The number of ether oxygens (including phenoxy) is 1. The second-order valence-corrected chi connectivity index (χ2v) is 3.19. The van der Waals surface area contributed by atoms with Crippen molar-refractivity contribution in [1.29, 1.82) is 0 Å². The summed E-state index contributed by atoms with van der Waals surface area (Å²) in [4.78, 5) is 0. The molecule has 1 aliphatic rings. The lowest BCUT2D eigenvalue weighted by atomic mass is 10.2. The van der Waals surface area contributed by atoms with E-state index in [9.17, 15) is 4.21 Å². The van der Waals surface area contributed by atoms with Gasteiger partial charge in [0.25, 0.3) is 0 Å². The van der Waals surface area contributed by atoms with E-state index in [0.717, 1.165) is 13.0 Å². The van der Waals surface area contributed by atoms with Crippen LogP contribution >= 0.6 is 0 Å². The maximum atomic E-state index is 10.2. The zero-order chi connectivity index (χ0) is 6.69. The fourth-order valence-electron chi connectivity index (χ4n) is 0.916. The third-order valence-corrected chi connectivity index (χ3v) is 2.16. The van der Waals surface area contributed by atoms with Crippen molar-refractivity contribution in [3.05, 3.63) is 0 Å². The minimum absolute atomic E-state index is 0.316. The molecule has 9 heavy (non-hydrogen) atoms. The van der Waals surface area contributed by atoms with E-state index in [-0.39, 0.29) is 0 Å². The first-order chi connectivity index (χ1) is 4.29. The van der Waals surface area contributed by atoms with Gasteiger partial charge in [-0.1, -0.05) is 0 Å². The van der Waals surface area contributed by atoms with E-state index in [0.29, 0.717) is 18.3 Å². The van der Waals surface area contributed by atoms with E-state index in [1.807, 2.05) is 0 Å². The van der Waals surface area contributed by atoms with Crippen LogP contribution in [0.25, 0.3) is 0 Å². The Bertz CT molecular complexity index is 109. The molecule has 2 unspecified atom stereocenters. The maximum Gasteiger partial charge on any atom is 0.153 e. The van der Waals surface area contributed by atoms with Crippen LogP contribution in [0.5, 0.6) is 0 Å². The van der Waals surface area contributed by atoms with E-state index >= 15 is 0 Å². The molecule has 0 bridgehead atoms. The van der Waals surface area contributed by atoms with Crippen LogP contribution in [-0.4, -0.2) is 27.7 Å². The Hall–Kier alpha value is 0.0700. The van der Waals surface area contributed by atoms with Crippen molar-refractivity contribution >= 4 is 11.1 Å². The molecule has 1 saturated heterocycles. The lowest BCUT2D eigenvalue weighted by Gasteiger charge is -2.00. The highest BCUT2D eigenvalue weighted by Gasteiger charge is 2.17. The van der Waals surface area contributed by atoms with Crippen LogP contribution < -0.4 is 0 Å². The van der Waals surface area contributed by atoms with Gasteiger partial charge in [-0.2, -0.15) is 0 Å². The molecule has 0 saturated carbocycles. The fourth-order valence-corrected chi connectivity index (χ4v) is 1.58. The Morgan fingerprint density at radius 2 is 2.56 bits per heavy atom. The van der Waals surface area contributed by atoms with E-state index in [4.69, 9.17) is 9.29 Å². The monoisotopic (exact) mass is 150 g/mol. The van der Waals surface area contributed by atoms with Crippen molar-refractivity contribution in [2.45, 2.75) is 6.42 Å². The standard InChI is InChI=1S/C5H10O3S/c6-9(7)4-5-1-2-8-3-5/h5H,1-4H2,(H,6,7). The zero-order valence-corrected chi connectivity index (χ0v) is 5.89. The molecule has 0 spiro atoms. The molecule has 1 fully saturated rings. The van der Waals surface area contributed by atoms with Crippen LogP contribution in [0.4, 0.5) is 0 Å². The third-order valence-electron chi connectivity index (χ3n) is 1.40. The van der Waals surface area contributed by atoms with Crippen LogP contribution in [0.3, 0.4) is 0 Å². The summed E-state index contributed by atoms with van der Waals surface area (Å²) in [5, 5.41) is 0. The predicted molar refractivity (Wildman–Crippen MR) is 34.6 cm³/mol. The average molecular weight is 150 g/mol. The first-order valence-electron chi connectivity index (χ1n) is 2.94. The molecule has 0 aliphatic carbocycles. The number of hydrogen-bond donors (Lipinski definition) is 1. The highest BCUT2D eigenvalue weighted by molar-refractivity contribution is 7.79. The van der Waals surface area contributed by atoms with Gasteiger partial charge < -0.3 is 9.29 Å². The molecule has 1 rings (SSSR count). The quantitative estimate of drug-likeness (QED) is 0.574. The van der Waals surface area contributed by atoms with Gasteiger partial charge in [-0.15, -0.1) is 0 Å². The van der Waals surface area contributed by atoms with Crippen LogP contribution in [0.2, 0.25) is 0 Å². The highest BCUT2D eigenvalue weighted by atomic mass is 32.2. The molecular weight excluding hydrogens is 140 g/mol. The Morgan fingerprint density at radius 3 is 3.00 bits per heavy atom. The van der Waals surface area contributed by atoms with Crippen molar-refractivity contribution in [2.75, 3.05) is 19.0 Å². The van der Waals surface area contributed by atoms with Gasteiger partial charge in [0.1, 0.15) is 0 Å². The maximum absolute atomic E-state index is 10.2. The van der Waals surface area contributed by atoms with Gasteiger partial charge in [-0.3, -0.25) is 0 Å². The van der Waals surface area contributed by atoms with Crippen LogP contribution in [-0.2, 0) is 15.8 Å². The van der Waals surface area contributed by atoms with Gasteiger partial charge in [0.2, 0.25) is 0 Å². The van der Waals surface area contributed by atoms with E-state index in [2.05, 4.69) is 0 Å². The third kappa shape index (κ3) is 2.43. The Morgan fingerprint density at radius 1 is 1.78 bits per heavy atom. The van der Waals surface area contributed by atoms with Crippen molar-refractivity contribution < 1.29 is 13.5 Å². The van der Waals surface area contributed by atoms with Gasteiger partial charge >= 0.3 is 0 Å². The topological polar surface area (TPSA) is 46.5 Å². The van der Waals surface area contributed by atoms with Gasteiger partial charge in [-0.25, -0.2) is 4.21 Å². The van der Waals surface area contributed by atoms with Gasteiger partial charge in [0.15, 0.2) is 11.1 Å². The molecular formula is C5H10O3S. The molecule has 0 aromatic rings. The molecule has 2 atom stereocenters. The summed E-state index contributed by atoms with van der Waals surface area (Å²) in [6.45, 7) is 1.41. The summed E-state index contributed by atoms with van der Waals surface area (Å²) in [5.74, 6) is 0.691. The highest BCUT2D eigenvalue weighted by Crippen LogP contribution is 2.12. The van der Waals surface area contributed by atoms with Gasteiger partial charge in [-0.05, 0) is 12.3 Å². The molecule has 0 radical (unpaired) electrons. The normalized spacial score (nSPS) is 30.6. The van der Waals surface area contributed by atoms with Crippen molar-refractivity contribution in [3.8, 4) is 0 Å². The molecule has 3 nitrogen and oxygen atoms in total. The Labute approximate surface area is 56.7 Å². The van der Waals surface area contributed by atoms with Gasteiger partial charge in [0, 0.05) is 6.61 Å². The molecule has 54 valence electrons. The minimum atomic E-state index is -1.64. The van der Waals surface area contributed by atoms with Crippen molar-refractivity contribution in [1.82, 2.24) is 0 Å². The lowest BCUT2D eigenvalue weighted by Crippen LogP contribution is -2.09. The molecule has 1 aliphatic heterocycles. The lowest BCUT2D eigenvalue weighted by molar-refractivity contribution is 0.188. The molecule has 0 amide bonds. The molecule has 4 heteroatoms. The SMILES string of the molecule is O=S(O)CC1CCOC1. The summed E-state index contributed by atoms with van der Waals surface area (Å²) in [7, 11) is 0. The second kappa shape index (κ2) is 3.29. The fraction of sp³-hybridized carbons (Fsp3) is 1.00. The Kier molecular flexibility index (Phi) is 2.63. The van der Waals surface area contributed by atoms with Crippen LogP contribution in [0.1, 0.15) is 6.42 Å². The van der Waals surface area contributed by atoms with Gasteiger partial charge in [0.05, 0.1) is 12.4 Å². The second-order valence-electron chi connectivity index (χ2n) is 2.22. The average Bonchev–Trinajstić information content (AvgIpc) is 2.15. The molecule has 1 N–H and O–H groups in total. The molecule has 0 aromatic heterocycles. The smallest absolute Gasteiger partial charge is 0.153 e. The van der Waals surface area contributed by atoms with E-state index < -0.39 is 11.1 Å². The van der Waals surface area contributed by atoms with Crippen LogP contribution in [0.15, 0.2) is 0 Å². The first-order valence-corrected chi connectivity index (χ1v) is 4.22. The molecule has 0 aromatic carbocycles. The molecule has 1 heterocycles. The van der Waals surface area contributed by atoms with Crippen LogP contribution in [0, 0.1) is 5.92 Å². The summed E-state index contributed by atoms with van der Waals surface area (Å²) in [6.07, 6.45) is 0.937. The summed E-state index contributed by atoms with van der Waals surface area (Å²) in [6, 6.07) is 0. The Balaban J connectivity index is 2.19. The minimum Gasteiger partial charge on any atom is -0.381 e.